The van der Waals surface area contributed by atoms with Gasteiger partial charge in [0.15, 0.2) is 5.82 Å². The number of nitriles is 1. The predicted molar refractivity (Wildman–Crippen MR) is 111 cm³/mol. The highest BCUT2D eigenvalue weighted by Gasteiger charge is 2.24. The molecule has 1 saturated heterocycles. The molecule has 0 N–H and O–H groups in total. The molecule has 2 heterocycles. The van der Waals surface area contributed by atoms with Crippen molar-refractivity contribution in [2.75, 3.05) is 37.7 Å². The van der Waals surface area contributed by atoms with Gasteiger partial charge in [0.2, 0.25) is 5.69 Å². The van der Waals surface area contributed by atoms with E-state index in [0.29, 0.717) is 23.9 Å². The minimum absolute atomic E-state index is 0.341. The molecule has 2 aromatic carbocycles. The third kappa shape index (κ3) is 4.23. The Balaban J connectivity index is 1.49. The molecule has 4 rings (SSSR count). The van der Waals surface area contributed by atoms with Gasteiger partial charge in [-0.3, -0.25) is 4.90 Å². The lowest BCUT2D eigenvalue weighted by atomic mass is 10.2. The van der Waals surface area contributed by atoms with E-state index in [1.165, 1.54) is 10.4 Å². The van der Waals surface area contributed by atoms with Crippen molar-refractivity contribution in [3.05, 3.63) is 65.9 Å². The van der Waals surface area contributed by atoms with Crippen molar-refractivity contribution in [1.29, 1.82) is 5.26 Å². The van der Waals surface area contributed by atoms with Crippen LogP contribution in [-0.2, 0) is 6.54 Å². The Morgan fingerprint density at radius 2 is 1.69 bits per heavy atom. The first-order valence-electron chi connectivity index (χ1n) is 9.89. The Labute approximate surface area is 170 Å². The highest BCUT2D eigenvalue weighted by atomic mass is 16.5. The van der Waals surface area contributed by atoms with Crippen LogP contribution in [0.5, 0.6) is 5.75 Å². The molecule has 7 heteroatoms. The van der Waals surface area contributed by atoms with Crippen LogP contribution in [-0.4, -0.2) is 52.7 Å². The van der Waals surface area contributed by atoms with Crippen molar-refractivity contribution in [3.63, 3.8) is 0 Å². The van der Waals surface area contributed by atoms with Crippen molar-refractivity contribution < 1.29 is 4.74 Å². The van der Waals surface area contributed by atoms with E-state index < -0.39 is 0 Å². The van der Waals surface area contributed by atoms with Gasteiger partial charge in [-0.25, -0.2) is 0 Å². The van der Waals surface area contributed by atoms with E-state index in [0.717, 1.165) is 38.4 Å². The molecule has 0 atom stereocenters. The van der Waals surface area contributed by atoms with Gasteiger partial charge in [0.1, 0.15) is 17.5 Å². The van der Waals surface area contributed by atoms with E-state index in [9.17, 15) is 5.26 Å². The quantitative estimate of drug-likeness (QED) is 0.647. The number of para-hydroxylation sites is 2. The molecule has 3 aromatic rings. The first-order chi connectivity index (χ1) is 14.3. The van der Waals surface area contributed by atoms with Gasteiger partial charge in [0, 0.05) is 32.7 Å². The van der Waals surface area contributed by atoms with Crippen LogP contribution in [0.4, 0.5) is 5.82 Å². The number of hydrogen-bond donors (Lipinski definition) is 0. The number of hydrogen-bond acceptors (Lipinski definition) is 6. The third-order valence-electron chi connectivity index (χ3n) is 5.00. The maximum atomic E-state index is 9.59. The molecule has 0 radical (unpaired) electrons. The smallest absolute Gasteiger partial charge is 0.207 e. The first kappa shape index (κ1) is 19.0. The van der Waals surface area contributed by atoms with Crippen LogP contribution in [0.1, 0.15) is 18.2 Å². The van der Waals surface area contributed by atoms with Crippen LogP contribution in [0.2, 0.25) is 0 Å². The molecule has 29 heavy (non-hydrogen) atoms. The molecule has 1 aliphatic heterocycles. The molecule has 0 unspecified atom stereocenters. The van der Waals surface area contributed by atoms with Gasteiger partial charge in [-0.2, -0.15) is 5.26 Å². The summed E-state index contributed by atoms with van der Waals surface area (Å²) in [6.45, 7) is 6.90. The maximum Gasteiger partial charge on any atom is 0.207 e. The van der Waals surface area contributed by atoms with Crippen LogP contribution in [0.25, 0.3) is 5.69 Å². The van der Waals surface area contributed by atoms with Crippen LogP contribution in [0.15, 0.2) is 54.6 Å². The Hall–Kier alpha value is -3.37. The van der Waals surface area contributed by atoms with Gasteiger partial charge in [-0.1, -0.05) is 42.5 Å². The average molecular weight is 388 g/mol. The van der Waals surface area contributed by atoms with E-state index in [2.05, 4.69) is 50.3 Å². The highest BCUT2D eigenvalue weighted by Crippen LogP contribution is 2.25. The van der Waals surface area contributed by atoms with Crippen molar-refractivity contribution in [2.24, 2.45) is 0 Å². The lowest BCUT2D eigenvalue weighted by Crippen LogP contribution is -2.46. The van der Waals surface area contributed by atoms with Gasteiger partial charge >= 0.3 is 0 Å². The molecule has 0 saturated carbocycles. The molecule has 0 spiro atoms. The summed E-state index contributed by atoms with van der Waals surface area (Å²) in [6.07, 6.45) is 0. The molecule has 0 aliphatic carbocycles. The fourth-order valence-electron chi connectivity index (χ4n) is 3.55. The van der Waals surface area contributed by atoms with Crippen LogP contribution >= 0.6 is 0 Å². The summed E-state index contributed by atoms with van der Waals surface area (Å²) in [4.78, 5) is 6.08. The average Bonchev–Trinajstić information content (AvgIpc) is 3.20. The zero-order chi connectivity index (χ0) is 20.1. The molecule has 1 aliphatic rings. The minimum atomic E-state index is 0.341. The predicted octanol–water partition coefficient (Wildman–Crippen LogP) is 2.86. The molecular weight excluding hydrogens is 364 g/mol. The normalized spacial score (nSPS) is 14.6. The lowest BCUT2D eigenvalue weighted by Gasteiger charge is -2.34. The first-order valence-corrected chi connectivity index (χ1v) is 9.89. The minimum Gasteiger partial charge on any atom is -0.492 e. The SMILES string of the molecule is CCOc1ccccc1-n1nc(C#N)c(N2CCN(Cc3ccccc3)CC2)n1. The standard InChI is InChI=1S/C22H24N6O/c1-2-29-21-11-7-6-10-20(21)28-24-19(16-23)22(25-28)27-14-12-26(13-15-27)17-18-8-4-3-5-9-18/h3-11H,2,12-15,17H2,1H3. The zero-order valence-electron chi connectivity index (χ0n) is 16.5. The number of piperazine rings is 1. The Bertz CT molecular complexity index is 986. The topological polar surface area (TPSA) is 70.2 Å². The fourth-order valence-corrected chi connectivity index (χ4v) is 3.55. The number of ether oxygens (including phenoxy) is 1. The van der Waals surface area contributed by atoms with Gasteiger partial charge in [-0.15, -0.1) is 15.0 Å². The summed E-state index contributed by atoms with van der Waals surface area (Å²) >= 11 is 0. The van der Waals surface area contributed by atoms with Gasteiger partial charge < -0.3 is 9.64 Å². The van der Waals surface area contributed by atoms with Gasteiger partial charge in [-0.05, 0) is 24.6 Å². The van der Waals surface area contributed by atoms with E-state index in [1.54, 1.807) is 0 Å². The summed E-state index contributed by atoms with van der Waals surface area (Å²) in [5.74, 6) is 1.34. The van der Waals surface area contributed by atoms with Crippen molar-refractivity contribution >= 4 is 5.82 Å². The van der Waals surface area contributed by atoms with E-state index in [1.807, 2.05) is 37.3 Å². The largest absolute Gasteiger partial charge is 0.492 e. The molecule has 7 nitrogen and oxygen atoms in total. The fraction of sp³-hybridized carbons (Fsp3) is 0.318. The van der Waals surface area contributed by atoms with Crippen molar-refractivity contribution in [1.82, 2.24) is 19.9 Å². The number of rotatable bonds is 6. The van der Waals surface area contributed by atoms with E-state index in [-0.39, 0.29) is 0 Å². The van der Waals surface area contributed by atoms with Crippen LogP contribution in [0, 0.1) is 11.3 Å². The van der Waals surface area contributed by atoms with Gasteiger partial charge in [0.05, 0.1) is 6.61 Å². The Morgan fingerprint density at radius 1 is 0.966 bits per heavy atom. The number of aromatic nitrogens is 3. The van der Waals surface area contributed by atoms with Crippen molar-refractivity contribution in [2.45, 2.75) is 13.5 Å². The molecule has 1 aromatic heterocycles. The molecule has 148 valence electrons. The second-order valence-corrected chi connectivity index (χ2v) is 6.92. The summed E-state index contributed by atoms with van der Waals surface area (Å²) in [6, 6.07) is 20.3. The summed E-state index contributed by atoms with van der Waals surface area (Å²) < 4.78 is 5.69. The van der Waals surface area contributed by atoms with E-state index in [4.69, 9.17) is 4.74 Å². The molecule has 0 amide bonds. The van der Waals surface area contributed by atoms with Crippen LogP contribution < -0.4 is 9.64 Å². The Kier molecular flexibility index (Phi) is 5.73. The lowest BCUT2D eigenvalue weighted by molar-refractivity contribution is 0.249. The maximum absolute atomic E-state index is 9.59. The number of nitrogens with zero attached hydrogens (tertiary/aromatic N) is 6. The van der Waals surface area contributed by atoms with Crippen molar-refractivity contribution in [3.8, 4) is 17.5 Å². The van der Waals surface area contributed by atoms with Gasteiger partial charge in [0.25, 0.3) is 0 Å². The second kappa shape index (κ2) is 8.76. The zero-order valence-corrected chi connectivity index (χ0v) is 16.5. The highest BCUT2D eigenvalue weighted by molar-refractivity contribution is 5.52. The molecule has 1 fully saturated rings. The van der Waals surface area contributed by atoms with Crippen LogP contribution in [0.3, 0.4) is 0 Å². The molecular formula is C22H24N6O. The number of benzene rings is 2. The summed E-state index contributed by atoms with van der Waals surface area (Å²) in [7, 11) is 0. The monoisotopic (exact) mass is 388 g/mol. The third-order valence-corrected chi connectivity index (χ3v) is 5.00. The number of anilines is 1. The van der Waals surface area contributed by atoms with E-state index >= 15 is 0 Å². The summed E-state index contributed by atoms with van der Waals surface area (Å²) in [5, 5.41) is 18.6. The molecule has 0 bridgehead atoms. The summed E-state index contributed by atoms with van der Waals surface area (Å²) in [5.41, 5.74) is 2.39. The Morgan fingerprint density at radius 3 is 2.41 bits per heavy atom. The second-order valence-electron chi connectivity index (χ2n) is 6.92.